The van der Waals surface area contributed by atoms with Gasteiger partial charge in [-0.25, -0.2) is 0 Å². The van der Waals surface area contributed by atoms with E-state index in [1.54, 1.807) is 18.2 Å². The molecule has 0 saturated carbocycles. The number of rotatable bonds is 1. The highest BCUT2D eigenvalue weighted by molar-refractivity contribution is 6.21. The first-order chi connectivity index (χ1) is 8.57. The Morgan fingerprint density at radius 3 is 2.83 bits per heavy atom. The Morgan fingerprint density at radius 1 is 1.39 bits per heavy atom. The average molecular weight is 247 g/mol. The van der Waals surface area contributed by atoms with Gasteiger partial charge in [0.2, 0.25) is 11.8 Å². The van der Waals surface area contributed by atoms with Crippen molar-refractivity contribution < 1.29 is 14.7 Å². The largest absolute Gasteiger partial charge is 0.399 e. The average Bonchev–Trinajstić information content (AvgIpc) is 2.80. The number of hydrogen-bond donors (Lipinski definition) is 4. The number of fused-ring (bicyclic) bond motifs is 2. The first kappa shape index (κ1) is 11.0. The molecule has 0 bridgehead atoms. The molecule has 6 heteroatoms. The molecule has 0 aliphatic carbocycles. The first-order valence-corrected chi connectivity index (χ1v) is 5.71. The summed E-state index contributed by atoms with van der Waals surface area (Å²) in [5.74, 6) is -0.709. The monoisotopic (exact) mass is 247 g/mol. The molecule has 6 nitrogen and oxygen atoms in total. The molecular formula is C12H13N3O3. The smallest absolute Gasteiger partial charge is 0.244 e. The molecule has 1 fully saturated rings. The van der Waals surface area contributed by atoms with Crippen molar-refractivity contribution in [1.29, 1.82) is 0 Å². The highest BCUT2D eigenvalue weighted by Gasteiger charge is 2.57. The van der Waals surface area contributed by atoms with Crippen LogP contribution in [0, 0.1) is 0 Å². The summed E-state index contributed by atoms with van der Waals surface area (Å²) in [6.07, 6.45) is 0.269. The standard InChI is InChI=1S/C12H13N3O3/c13-6-1-2-8-9(3-6)15-11(18)12(8)4-7(5-16)14-10(12)17/h1-3,7,16H,4-5,13H2,(H,14,17)(H,15,18)/t7-,12-/m0/s1. The Balaban J connectivity index is 2.14. The number of carbonyl (C=O) groups is 2. The second-order valence-electron chi connectivity index (χ2n) is 4.72. The Labute approximate surface area is 103 Å². The van der Waals surface area contributed by atoms with Gasteiger partial charge in [-0.3, -0.25) is 9.59 Å². The zero-order valence-electron chi connectivity index (χ0n) is 9.56. The quantitative estimate of drug-likeness (QED) is 0.390. The highest BCUT2D eigenvalue weighted by atomic mass is 16.3. The molecule has 0 radical (unpaired) electrons. The number of benzene rings is 1. The molecule has 0 unspecified atom stereocenters. The number of carbonyl (C=O) groups excluding carboxylic acids is 2. The first-order valence-electron chi connectivity index (χ1n) is 5.71. The highest BCUT2D eigenvalue weighted by Crippen LogP contribution is 2.44. The number of hydrogen-bond acceptors (Lipinski definition) is 4. The van der Waals surface area contributed by atoms with Gasteiger partial charge in [0.25, 0.3) is 0 Å². The van der Waals surface area contributed by atoms with Crippen LogP contribution in [0.1, 0.15) is 12.0 Å². The summed E-state index contributed by atoms with van der Waals surface area (Å²) in [6, 6.07) is 4.62. The van der Waals surface area contributed by atoms with Gasteiger partial charge in [0.1, 0.15) is 0 Å². The fourth-order valence-corrected chi connectivity index (χ4v) is 2.75. The lowest BCUT2D eigenvalue weighted by Crippen LogP contribution is -2.41. The topological polar surface area (TPSA) is 104 Å². The molecule has 18 heavy (non-hydrogen) atoms. The molecule has 2 aliphatic heterocycles. The Kier molecular flexibility index (Phi) is 2.12. The fourth-order valence-electron chi connectivity index (χ4n) is 2.75. The predicted molar refractivity (Wildman–Crippen MR) is 64.8 cm³/mol. The van der Waals surface area contributed by atoms with E-state index < -0.39 is 5.41 Å². The van der Waals surface area contributed by atoms with Crippen molar-refractivity contribution in [2.24, 2.45) is 0 Å². The van der Waals surface area contributed by atoms with Gasteiger partial charge in [-0.05, 0) is 18.6 Å². The molecule has 1 aromatic rings. The van der Waals surface area contributed by atoms with E-state index in [1.165, 1.54) is 0 Å². The third-order valence-electron chi connectivity index (χ3n) is 3.64. The molecular weight excluding hydrogens is 234 g/mol. The van der Waals surface area contributed by atoms with E-state index in [1.807, 2.05) is 0 Å². The second kappa shape index (κ2) is 3.46. The van der Waals surface area contributed by atoms with E-state index in [4.69, 9.17) is 10.8 Å². The summed E-state index contributed by atoms with van der Waals surface area (Å²) in [5, 5.41) is 14.5. The number of nitrogens with one attached hydrogen (secondary N) is 2. The van der Waals surface area contributed by atoms with E-state index in [9.17, 15) is 9.59 Å². The van der Waals surface area contributed by atoms with Crippen LogP contribution in [0.4, 0.5) is 11.4 Å². The maximum absolute atomic E-state index is 12.1. The van der Waals surface area contributed by atoms with Gasteiger partial charge in [-0.15, -0.1) is 0 Å². The normalized spacial score (nSPS) is 29.3. The van der Waals surface area contributed by atoms with Gasteiger partial charge in [0, 0.05) is 16.9 Å². The molecule has 1 aromatic carbocycles. The van der Waals surface area contributed by atoms with Crippen LogP contribution in [0.2, 0.25) is 0 Å². The van der Waals surface area contributed by atoms with Gasteiger partial charge in [-0.1, -0.05) is 6.07 Å². The van der Waals surface area contributed by atoms with E-state index >= 15 is 0 Å². The number of anilines is 2. The van der Waals surface area contributed by atoms with Crippen LogP contribution < -0.4 is 16.4 Å². The van der Waals surface area contributed by atoms with Crippen LogP contribution in [0.3, 0.4) is 0 Å². The molecule has 2 atom stereocenters. The number of nitrogen functional groups attached to an aromatic ring is 1. The summed E-state index contributed by atoms with van der Waals surface area (Å²) >= 11 is 0. The zero-order chi connectivity index (χ0) is 12.9. The van der Waals surface area contributed by atoms with Gasteiger partial charge in [0.15, 0.2) is 5.41 Å². The second-order valence-corrected chi connectivity index (χ2v) is 4.72. The molecule has 2 amide bonds. The Hall–Kier alpha value is -2.08. The third kappa shape index (κ3) is 1.20. The summed E-state index contributed by atoms with van der Waals surface area (Å²) < 4.78 is 0. The summed E-state index contributed by atoms with van der Waals surface area (Å²) in [5.41, 5.74) is 6.19. The molecule has 2 aliphatic rings. The van der Waals surface area contributed by atoms with Gasteiger partial charge >= 0.3 is 0 Å². The van der Waals surface area contributed by atoms with E-state index in [-0.39, 0.29) is 30.9 Å². The maximum atomic E-state index is 12.1. The maximum Gasteiger partial charge on any atom is 0.244 e. The van der Waals surface area contributed by atoms with E-state index in [0.29, 0.717) is 16.9 Å². The van der Waals surface area contributed by atoms with Crippen molar-refractivity contribution in [1.82, 2.24) is 5.32 Å². The fraction of sp³-hybridized carbons (Fsp3) is 0.333. The SMILES string of the molecule is Nc1ccc2c(c1)NC(=O)[C@@]21C[C@@H](CO)NC1=O. The minimum Gasteiger partial charge on any atom is -0.399 e. The third-order valence-corrected chi connectivity index (χ3v) is 3.64. The summed E-state index contributed by atoms with van der Waals surface area (Å²) in [7, 11) is 0. The minimum absolute atomic E-state index is 0.176. The lowest BCUT2D eigenvalue weighted by Gasteiger charge is -2.17. The number of nitrogens with two attached hydrogens (primary N) is 1. The van der Waals surface area contributed by atoms with Crippen molar-refractivity contribution in [3.05, 3.63) is 23.8 Å². The molecule has 2 heterocycles. The van der Waals surface area contributed by atoms with Crippen LogP contribution in [0.5, 0.6) is 0 Å². The molecule has 1 spiro atoms. The molecule has 1 saturated heterocycles. The van der Waals surface area contributed by atoms with Crippen molar-refractivity contribution >= 4 is 23.2 Å². The van der Waals surface area contributed by atoms with Crippen LogP contribution >= 0.6 is 0 Å². The Morgan fingerprint density at radius 2 is 2.17 bits per heavy atom. The predicted octanol–water partition coefficient (Wildman–Crippen LogP) is -0.660. The molecule has 0 aromatic heterocycles. The van der Waals surface area contributed by atoms with Gasteiger partial charge in [0.05, 0.1) is 12.6 Å². The summed E-state index contributed by atoms with van der Waals surface area (Å²) in [4.78, 5) is 24.3. The van der Waals surface area contributed by atoms with Crippen molar-refractivity contribution in [2.45, 2.75) is 17.9 Å². The molecule has 3 rings (SSSR count). The summed E-state index contributed by atoms with van der Waals surface area (Å²) in [6.45, 7) is -0.176. The number of amides is 2. The molecule has 94 valence electrons. The number of aliphatic hydroxyl groups excluding tert-OH is 1. The van der Waals surface area contributed by atoms with Crippen molar-refractivity contribution in [2.75, 3.05) is 17.7 Å². The lowest BCUT2D eigenvalue weighted by atomic mass is 9.79. The van der Waals surface area contributed by atoms with E-state index in [2.05, 4.69) is 10.6 Å². The van der Waals surface area contributed by atoms with Crippen LogP contribution in [0.25, 0.3) is 0 Å². The van der Waals surface area contributed by atoms with Crippen molar-refractivity contribution in [3.63, 3.8) is 0 Å². The lowest BCUT2D eigenvalue weighted by molar-refractivity contribution is -0.131. The van der Waals surface area contributed by atoms with E-state index in [0.717, 1.165) is 0 Å². The van der Waals surface area contributed by atoms with Crippen molar-refractivity contribution in [3.8, 4) is 0 Å². The van der Waals surface area contributed by atoms with Gasteiger partial charge in [-0.2, -0.15) is 0 Å². The Bertz CT molecular complexity index is 557. The van der Waals surface area contributed by atoms with Crippen LogP contribution in [-0.2, 0) is 15.0 Å². The minimum atomic E-state index is -1.21. The number of aliphatic hydroxyl groups is 1. The van der Waals surface area contributed by atoms with Crippen LogP contribution in [0.15, 0.2) is 18.2 Å². The molecule has 5 N–H and O–H groups in total. The van der Waals surface area contributed by atoms with Gasteiger partial charge < -0.3 is 21.5 Å². The zero-order valence-corrected chi connectivity index (χ0v) is 9.56. The van der Waals surface area contributed by atoms with Crippen LogP contribution in [-0.4, -0.2) is 29.6 Å².